The van der Waals surface area contributed by atoms with Crippen molar-refractivity contribution in [3.63, 3.8) is 0 Å². The Kier molecular flexibility index (Phi) is 6.94. The predicted molar refractivity (Wildman–Crippen MR) is 66.8 cm³/mol. The van der Waals surface area contributed by atoms with Crippen LogP contribution in [0.3, 0.4) is 0 Å². The number of aliphatic hydroxyl groups is 1. The minimum atomic E-state index is -0.394. The zero-order valence-corrected chi connectivity index (χ0v) is 10.6. The van der Waals surface area contributed by atoms with Gasteiger partial charge < -0.3 is 10.0 Å². The van der Waals surface area contributed by atoms with E-state index < -0.39 is 6.10 Å². The molecule has 1 aromatic rings. The lowest BCUT2D eigenvalue weighted by atomic mass is 10.1. The van der Waals surface area contributed by atoms with Gasteiger partial charge in [-0.15, -0.1) is 12.4 Å². The van der Waals surface area contributed by atoms with Crippen molar-refractivity contribution in [2.45, 2.75) is 12.5 Å². The van der Waals surface area contributed by atoms with Crippen LogP contribution in [0.2, 0.25) is 5.02 Å². The van der Waals surface area contributed by atoms with E-state index in [0.717, 1.165) is 18.5 Å². The van der Waals surface area contributed by atoms with Crippen molar-refractivity contribution in [1.29, 1.82) is 0 Å². The van der Waals surface area contributed by atoms with Crippen LogP contribution in [0.4, 0.5) is 0 Å². The Bertz CT molecular complexity index is 274. The molecule has 1 rings (SSSR count). The summed E-state index contributed by atoms with van der Waals surface area (Å²) in [6.07, 6.45) is 0.351. The fourth-order valence-corrected chi connectivity index (χ4v) is 1.36. The minimum absolute atomic E-state index is 0. The van der Waals surface area contributed by atoms with Crippen LogP contribution in [-0.4, -0.2) is 30.6 Å². The van der Waals surface area contributed by atoms with Gasteiger partial charge in [0.05, 0.1) is 6.10 Å². The molecule has 0 aliphatic rings. The van der Waals surface area contributed by atoms with Gasteiger partial charge in [-0.1, -0.05) is 23.7 Å². The molecule has 0 amide bonds. The summed E-state index contributed by atoms with van der Waals surface area (Å²) in [5.41, 5.74) is 0.927. The summed E-state index contributed by atoms with van der Waals surface area (Å²) in [7, 11) is 3.99. The maximum atomic E-state index is 9.79. The number of halogens is 2. The Morgan fingerprint density at radius 1 is 1.27 bits per heavy atom. The highest BCUT2D eigenvalue weighted by Gasteiger charge is 2.07. The summed E-state index contributed by atoms with van der Waals surface area (Å²) in [4.78, 5) is 2.05. The molecule has 0 fully saturated rings. The second kappa shape index (κ2) is 7.07. The maximum absolute atomic E-state index is 9.79. The van der Waals surface area contributed by atoms with E-state index in [1.54, 1.807) is 12.1 Å². The number of nitrogens with zero attached hydrogens (tertiary/aromatic N) is 1. The molecule has 2 nitrogen and oxygen atoms in total. The molecule has 86 valence electrons. The van der Waals surface area contributed by atoms with E-state index in [4.69, 9.17) is 11.6 Å². The zero-order chi connectivity index (χ0) is 10.6. The third-order valence-corrected chi connectivity index (χ3v) is 2.36. The topological polar surface area (TPSA) is 23.5 Å². The van der Waals surface area contributed by atoms with Gasteiger partial charge in [0.25, 0.3) is 0 Å². The first-order valence-corrected chi connectivity index (χ1v) is 5.05. The molecule has 1 unspecified atom stereocenters. The van der Waals surface area contributed by atoms with E-state index in [-0.39, 0.29) is 12.4 Å². The normalized spacial score (nSPS) is 12.3. The van der Waals surface area contributed by atoms with Gasteiger partial charge in [0, 0.05) is 11.6 Å². The Morgan fingerprint density at radius 3 is 2.27 bits per heavy atom. The molecule has 0 aliphatic heterocycles. The monoisotopic (exact) mass is 249 g/mol. The molecule has 1 atom stereocenters. The predicted octanol–water partition coefficient (Wildman–Crippen LogP) is 2.75. The summed E-state index contributed by atoms with van der Waals surface area (Å²) in [6.45, 7) is 0.879. The quantitative estimate of drug-likeness (QED) is 0.888. The molecule has 0 aromatic heterocycles. The van der Waals surface area contributed by atoms with Gasteiger partial charge in [0.1, 0.15) is 0 Å². The van der Waals surface area contributed by atoms with Gasteiger partial charge in [-0.2, -0.15) is 0 Å². The summed E-state index contributed by atoms with van der Waals surface area (Å²) in [6, 6.07) is 7.33. The van der Waals surface area contributed by atoms with Crippen LogP contribution in [0.25, 0.3) is 0 Å². The number of rotatable bonds is 4. The van der Waals surface area contributed by atoms with Crippen molar-refractivity contribution in [2.75, 3.05) is 20.6 Å². The number of hydrogen-bond acceptors (Lipinski definition) is 2. The minimum Gasteiger partial charge on any atom is -0.388 e. The van der Waals surface area contributed by atoms with Gasteiger partial charge in [0.15, 0.2) is 0 Å². The summed E-state index contributed by atoms with van der Waals surface area (Å²) in [5.74, 6) is 0. The van der Waals surface area contributed by atoms with E-state index >= 15 is 0 Å². The summed E-state index contributed by atoms with van der Waals surface area (Å²) < 4.78 is 0. The van der Waals surface area contributed by atoms with Crippen molar-refractivity contribution in [1.82, 2.24) is 4.90 Å². The maximum Gasteiger partial charge on any atom is 0.0802 e. The third kappa shape index (κ3) is 5.38. The number of aliphatic hydroxyl groups excluding tert-OH is 1. The van der Waals surface area contributed by atoms with Gasteiger partial charge in [-0.3, -0.25) is 0 Å². The van der Waals surface area contributed by atoms with E-state index in [2.05, 4.69) is 4.90 Å². The largest absolute Gasteiger partial charge is 0.388 e. The zero-order valence-electron chi connectivity index (χ0n) is 8.98. The Balaban J connectivity index is 0.00000196. The van der Waals surface area contributed by atoms with Gasteiger partial charge in [-0.05, 0) is 38.2 Å². The molecule has 0 radical (unpaired) electrons. The fraction of sp³-hybridized carbons (Fsp3) is 0.455. The number of hydrogen-bond donors (Lipinski definition) is 1. The molecule has 0 spiro atoms. The molecule has 4 heteroatoms. The van der Waals surface area contributed by atoms with E-state index in [1.165, 1.54) is 0 Å². The van der Waals surface area contributed by atoms with Crippen LogP contribution in [0, 0.1) is 0 Å². The SMILES string of the molecule is CN(C)CCC(O)c1ccc(Cl)cc1.Cl. The molecule has 15 heavy (non-hydrogen) atoms. The Labute approximate surface area is 102 Å². The fourth-order valence-electron chi connectivity index (χ4n) is 1.23. The van der Waals surface area contributed by atoms with E-state index in [1.807, 2.05) is 26.2 Å². The van der Waals surface area contributed by atoms with Crippen molar-refractivity contribution >= 4 is 24.0 Å². The van der Waals surface area contributed by atoms with Gasteiger partial charge in [-0.25, -0.2) is 0 Å². The van der Waals surface area contributed by atoms with Crippen LogP contribution in [0.1, 0.15) is 18.1 Å². The standard InChI is InChI=1S/C11H16ClNO.ClH/c1-13(2)8-7-11(14)9-3-5-10(12)6-4-9;/h3-6,11,14H,7-8H2,1-2H3;1H. The Hall–Kier alpha value is -0.280. The first-order chi connectivity index (χ1) is 6.59. The van der Waals surface area contributed by atoms with Gasteiger partial charge in [0.2, 0.25) is 0 Å². The van der Waals surface area contributed by atoms with E-state index in [0.29, 0.717) is 5.02 Å². The van der Waals surface area contributed by atoms with Crippen molar-refractivity contribution < 1.29 is 5.11 Å². The lowest BCUT2D eigenvalue weighted by Crippen LogP contribution is -2.15. The lowest BCUT2D eigenvalue weighted by molar-refractivity contribution is 0.154. The third-order valence-electron chi connectivity index (χ3n) is 2.10. The molecule has 0 aliphatic carbocycles. The average Bonchev–Trinajstić information content (AvgIpc) is 2.15. The van der Waals surface area contributed by atoms with Gasteiger partial charge >= 0.3 is 0 Å². The molecule has 0 saturated carbocycles. The molecular formula is C11H17Cl2NO. The van der Waals surface area contributed by atoms with Crippen LogP contribution in [0.15, 0.2) is 24.3 Å². The molecule has 0 heterocycles. The average molecular weight is 250 g/mol. The number of benzene rings is 1. The van der Waals surface area contributed by atoms with Crippen molar-refractivity contribution in [3.8, 4) is 0 Å². The molecule has 0 bridgehead atoms. The summed E-state index contributed by atoms with van der Waals surface area (Å²) in [5, 5.41) is 10.5. The van der Waals surface area contributed by atoms with Crippen LogP contribution in [0.5, 0.6) is 0 Å². The first-order valence-electron chi connectivity index (χ1n) is 4.68. The highest BCUT2D eigenvalue weighted by atomic mass is 35.5. The second-order valence-corrected chi connectivity index (χ2v) is 4.10. The van der Waals surface area contributed by atoms with Crippen LogP contribution in [-0.2, 0) is 0 Å². The molecule has 0 saturated heterocycles. The molecule has 1 N–H and O–H groups in total. The summed E-state index contributed by atoms with van der Waals surface area (Å²) >= 11 is 5.75. The lowest BCUT2D eigenvalue weighted by Gasteiger charge is -2.14. The van der Waals surface area contributed by atoms with Crippen LogP contribution >= 0.6 is 24.0 Å². The van der Waals surface area contributed by atoms with Crippen LogP contribution < -0.4 is 0 Å². The highest BCUT2D eigenvalue weighted by Crippen LogP contribution is 2.18. The Morgan fingerprint density at radius 2 is 1.80 bits per heavy atom. The van der Waals surface area contributed by atoms with Crippen molar-refractivity contribution in [3.05, 3.63) is 34.9 Å². The highest BCUT2D eigenvalue weighted by molar-refractivity contribution is 6.30. The first kappa shape index (κ1) is 14.7. The van der Waals surface area contributed by atoms with Crippen molar-refractivity contribution in [2.24, 2.45) is 0 Å². The molecule has 1 aromatic carbocycles. The second-order valence-electron chi connectivity index (χ2n) is 3.66. The molecular weight excluding hydrogens is 233 g/mol. The van der Waals surface area contributed by atoms with E-state index in [9.17, 15) is 5.11 Å². The smallest absolute Gasteiger partial charge is 0.0802 e.